The molecule has 0 radical (unpaired) electrons. The Balaban J connectivity index is 2.39. The first kappa shape index (κ1) is 10.4. The van der Waals surface area contributed by atoms with Gasteiger partial charge in [0.15, 0.2) is 5.78 Å². The van der Waals surface area contributed by atoms with E-state index in [1.807, 2.05) is 6.92 Å². The van der Waals surface area contributed by atoms with Gasteiger partial charge >= 0.3 is 0 Å². The third-order valence-corrected chi connectivity index (χ3v) is 3.43. The first-order chi connectivity index (χ1) is 8.16. The fourth-order valence-electron chi connectivity index (χ4n) is 2.51. The summed E-state index contributed by atoms with van der Waals surface area (Å²) in [5.41, 5.74) is 3.29. The van der Waals surface area contributed by atoms with Crippen LogP contribution in [0.4, 0.5) is 4.39 Å². The second-order valence-corrected chi connectivity index (χ2v) is 4.50. The van der Waals surface area contributed by atoms with Gasteiger partial charge in [0, 0.05) is 11.8 Å². The zero-order valence-corrected chi connectivity index (χ0v) is 9.59. The topological polar surface area (TPSA) is 30.0 Å². The molecule has 1 aromatic carbocycles. The largest absolute Gasteiger partial charge is 0.292 e. The van der Waals surface area contributed by atoms with Gasteiger partial charge in [0.25, 0.3) is 0 Å². The number of pyridine rings is 1. The van der Waals surface area contributed by atoms with E-state index in [9.17, 15) is 9.18 Å². The molecule has 0 N–H and O–H groups in total. The van der Waals surface area contributed by atoms with E-state index in [0.29, 0.717) is 17.6 Å². The minimum atomic E-state index is -0.260. The van der Waals surface area contributed by atoms with Crippen LogP contribution in [0.3, 0.4) is 0 Å². The number of hydrogen-bond acceptors (Lipinski definition) is 2. The fourth-order valence-corrected chi connectivity index (χ4v) is 2.51. The van der Waals surface area contributed by atoms with Crippen molar-refractivity contribution < 1.29 is 9.18 Å². The lowest BCUT2D eigenvalue weighted by atomic mass is 9.90. The summed E-state index contributed by atoms with van der Waals surface area (Å²) >= 11 is 0. The lowest BCUT2D eigenvalue weighted by Crippen LogP contribution is -2.14. The molecule has 0 unspecified atom stereocenters. The van der Waals surface area contributed by atoms with Crippen molar-refractivity contribution in [3.05, 3.63) is 40.8 Å². The monoisotopic (exact) mass is 229 g/mol. The summed E-state index contributed by atoms with van der Waals surface area (Å²) in [5, 5.41) is 0.818. The zero-order chi connectivity index (χ0) is 12.0. The van der Waals surface area contributed by atoms with Crippen molar-refractivity contribution in [1.82, 2.24) is 4.98 Å². The van der Waals surface area contributed by atoms with Crippen molar-refractivity contribution in [3.8, 4) is 0 Å². The van der Waals surface area contributed by atoms with E-state index < -0.39 is 0 Å². The molecule has 1 aromatic heterocycles. The Hall–Kier alpha value is -1.77. The molecule has 0 spiro atoms. The van der Waals surface area contributed by atoms with Crippen LogP contribution in [0.1, 0.15) is 34.5 Å². The number of halogens is 1. The predicted molar refractivity (Wildman–Crippen MR) is 63.7 cm³/mol. The summed E-state index contributed by atoms with van der Waals surface area (Å²) in [6, 6.07) is 4.52. The summed E-state index contributed by atoms with van der Waals surface area (Å²) in [6.07, 6.45) is 2.31. The van der Waals surface area contributed by atoms with Crippen LogP contribution in [0, 0.1) is 12.7 Å². The van der Waals surface area contributed by atoms with Gasteiger partial charge in [-0.3, -0.25) is 4.79 Å². The number of fused-ring (bicyclic) bond motifs is 2. The SMILES string of the molecule is Cc1c2c(nc3ccc(F)cc13)C(=O)CCC2. The van der Waals surface area contributed by atoms with Crippen LogP contribution in [-0.2, 0) is 6.42 Å². The van der Waals surface area contributed by atoms with Gasteiger partial charge in [-0.05, 0) is 49.1 Å². The van der Waals surface area contributed by atoms with Gasteiger partial charge in [0.1, 0.15) is 11.5 Å². The highest BCUT2D eigenvalue weighted by Gasteiger charge is 2.21. The highest BCUT2D eigenvalue weighted by atomic mass is 19.1. The molecule has 1 aliphatic carbocycles. The van der Waals surface area contributed by atoms with Crippen molar-refractivity contribution in [2.75, 3.05) is 0 Å². The van der Waals surface area contributed by atoms with E-state index in [1.165, 1.54) is 12.1 Å². The lowest BCUT2D eigenvalue weighted by molar-refractivity contribution is 0.0967. The van der Waals surface area contributed by atoms with Gasteiger partial charge in [0.05, 0.1) is 5.52 Å². The van der Waals surface area contributed by atoms with Gasteiger partial charge in [-0.25, -0.2) is 9.37 Å². The molecule has 3 heteroatoms. The quantitative estimate of drug-likeness (QED) is 0.694. The minimum Gasteiger partial charge on any atom is -0.292 e. The van der Waals surface area contributed by atoms with E-state index in [1.54, 1.807) is 6.07 Å². The maximum atomic E-state index is 13.2. The number of carbonyl (C=O) groups is 1. The van der Waals surface area contributed by atoms with Gasteiger partial charge in [-0.2, -0.15) is 0 Å². The Kier molecular flexibility index (Phi) is 2.21. The van der Waals surface area contributed by atoms with Gasteiger partial charge in [-0.15, -0.1) is 0 Å². The molecule has 0 saturated carbocycles. The van der Waals surface area contributed by atoms with Crippen LogP contribution in [0.2, 0.25) is 0 Å². The summed E-state index contributed by atoms with van der Waals surface area (Å²) in [6.45, 7) is 1.95. The van der Waals surface area contributed by atoms with E-state index in [0.717, 1.165) is 29.4 Å². The Morgan fingerprint density at radius 1 is 1.29 bits per heavy atom. The molecule has 0 atom stereocenters. The molecule has 0 saturated heterocycles. The molecule has 86 valence electrons. The molecule has 1 aliphatic rings. The standard InChI is InChI=1S/C14H12FNO/c1-8-10-3-2-4-13(17)14(10)16-12-6-5-9(15)7-11(8)12/h5-7H,2-4H2,1H3. The van der Waals surface area contributed by atoms with Crippen LogP contribution in [-0.4, -0.2) is 10.8 Å². The smallest absolute Gasteiger partial charge is 0.181 e. The van der Waals surface area contributed by atoms with Crippen molar-refractivity contribution in [2.24, 2.45) is 0 Å². The zero-order valence-electron chi connectivity index (χ0n) is 9.59. The number of aromatic nitrogens is 1. The first-order valence-electron chi connectivity index (χ1n) is 5.79. The molecule has 0 aliphatic heterocycles. The summed E-state index contributed by atoms with van der Waals surface area (Å²) in [5.74, 6) is -0.148. The first-order valence-corrected chi connectivity index (χ1v) is 5.79. The van der Waals surface area contributed by atoms with E-state index in [4.69, 9.17) is 0 Å². The van der Waals surface area contributed by atoms with Crippen molar-refractivity contribution in [3.63, 3.8) is 0 Å². The number of aryl methyl sites for hydroxylation is 1. The Bertz CT molecular complexity index is 634. The summed E-state index contributed by atoms with van der Waals surface area (Å²) < 4.78 is 13.2. The van der Waals surface area contributed by atoms with Crippen molar-refractivity contribution >= 4 is 16.7 Å². The Morgan fingerprint density at radius 2 is 2.12 bits per heavy atom. The molecule has 2 nitrogen and oxygen atoms in total. The highest BCUT2D eigenvalue weighted by molar-refractivity contribution is 6.00. The molecule has 0 bridgehead atoms. The van der Waals surface area contributed by atoms with Gasteiger partial charge in [-0.1, -0.05) is 0 Å². The number of rotatable bonds is 0. The Morgan fingerprint density at radius 3 is 2.94 bits per heavy atom. The Labute approximate surface area is 98.5 Å². The minimum absolute atomic E-state index is 0.112. The number of benzene rings is 1. The molecular weight excluding hydrogens is 217 g/mol. The predicted octanol–water partition coefficient (Wildman–Crippen LogP) is 3.20. The van der Waals surface area contributed by atoms with Crippen molar-refractivity contribution in [2.45, 2.75) is 26.2 Å². The number of nitrogens with zero attached hydrogens (tertiary/aromatic N) is 1. The van der Waals surface area contributed by atoms with Crippen LogP contribution < -0.4 is 0 Å². The summed E-state index contributed by atoms with van der Waals surface area (Å²) in [4.78, 5) is 16.2. The molecule has 3 rings (SSSR count). The molecule has 2 aromatic rings. The van der Waals surface area contributed by atoms with Crippen LogP contribution in [0.15, 0.2) is 18.2 Å². The average Bonchev–Trinajstić information content (AvgIpc) is 2.32. The number of ketones is 1. The van der Waals surface area contributed by atoms with E-state index >= 15 is 0 Å². The van der Waals surface area contributed by atoms with E-state index in [2.05, 4.69) is 4.98 Å². The third kappa shape index (κ3) is 1.54. The number of Topliss-reactive ketones (excluding diaryl/α,β-unsaturated/α-hetero) is 1. The number of carbonyl (C=O) groups excluding carboxylic acids is 1. The van der Waals surface area contributed by atoms with Gasteiger partial charge < -0.3 is 0 Å². The highest BCUT2D eigenvalue weighted by Crippen LogP contribution is 2.28. The van der Waals surface area contributed by atoms with Gasteiger partial charge in [0.2, 0.25) is 0 Å². The lowest BCUT2D eigenvalue weighted by Gasteiger charge is -2.17. The summed E-state index contributed by atoms with van der Waals surface area (Å²) in [7, 11) is 0. The molecule has 0 amide bonds. The van der Waals surface area contributed by atoms with Crippen molar-refractivity contribution in [1.29, 1.82) is 0 Å². The second-order valence-electron chi connectivity index (χ2n) is 4.50. The molecule has 1 heterocycles. The fraction of sp³-hybridized carbons (Fsp3) is 0.286. The average molecular weight is 229 g/mol. The molecule has 0 fully saturated rings. The maximum absolute atomic E-state index is 13.2. The number of hydrogen-bond donors (Lipinski definition) is 0. The van der Waals surface area contributed by atoms with Crippen LogP contribution in [0.25, 0.3) is 10.9 Å². The van der Waals surface area contributed by atoms with Crippen LogP contribution >= 0.6 is 0 Å². The second kappa shape index (κ2) is 3.62. The maximum Gasteiger partial charge on any atom is 0.181 e. The normalized spacial score (nSPS) is 15.1. The molecular formula is C14H12FNO. The third-order valence-electron chi connectivity index (χ3n) is 3.43. The van der Waals surface area contributed by atoms with E-state index in [-0.39, 0.29) is 11.6 Å². The molecule has 17 heavy (non-hydrogen) atoms. The van der Waals surface area contributed by atoms with Crippen LogP contribution in [0.5, 0.6) is 0 Å².